The Morgan fingerprint density at radius 2 is 2.06 bits per heavy atom. The molecule has 0 aromatic rings. The van der Waals surface area contributed by atoms with Gasteiger partial charge in [-0.2, -0.15) is 0 Å². The normalized spacial score (nSPS) is 36.4. The number of nitrogens with zero attached hydrogens (tertiary/aromatic N) is 1. The third-order valence-electron chi connectivity index (χ3n) is 4.34. The number of rotatable bonds is 0. The van der Waals surface area contributed by atoms with Crippen molar-refractivity contribution in [2.24, 2.45) is 5.92 Å². The fourth-order valence-corrected chi connectivity index (χ4v) is 3.45. The van der Waals surface area contributed by atoms with Crippen molar-refractivity contribution in [2.75, 3.05) is 6.54 Å². The zero-order chi connectivity index (χ0) is 13.6. The van der Waals surface area contributed by atoms with Crippen molar-refractivity contribution in [3.63, 3.8) is 0 Å². The summed E-state index contributed by atoms with van der Waals surface area (Å²) < 4.78 is 5.49. The van der Waals surface area contributed by atoms with Gasteiger partial charge in [0.2, 0.25) is 0 Å². The quantitative estimate of drug-likeness (QED) is 0.723. The van der Waals surface area contributed by atoms with Gasteiger partial charge in [0.05, 0.1) is 6.10 Å². The summed E-state index contributed by atoms with van der Waals surface area (Å²) in [4.78, 5) is 14.1. The second-order valence-electron chi connectivity index (χ2n) is 6.84. The Morgan fingerprint density at radius 3 is 2.67 bits per heavy atom. The van der Waals surface area contributed by atoms with Gasteiger partial charge in [-0.1, -0.05) is 6.42 Å². The average molecular weight is 255 g/mol. The van der Waals surface area contributed by atoms with E-state index in [1.807, 2.05) is 25.7 Å². The van der Waals surface area contributed by atoms with E-state index in [2.05, 4.69) is 6.92 Å². The molecule has 104 valence electrons. The summed E-state index contributed by atoms with van der Waals surface area (Å²) in [6, 6.07) is 0. The highest BCUT2D eigenvalue weighted by Gasteiger charge is 2.52. The molecule has 4 heteroatoms. The van der Waals surface area contributed by atoms with Crippen LogP contribution in [0.4, 0.5) is 4.79 Å². The molecule has 4 nitrogen and oxygen atoms in total. The first-order chi connectivity index (χ1) is 8.24. The number of aliphatic hydroxyl groups excluding tert-OH is 1. The molecule has 3 unspecified atom stereocenters. The van der Waals surface area contributed by atoms with E-state index < -0.39 is 5.60 Å². The van der Waals surface area contributed by atoms with Gasteiger partial charge < -0.3 is 14.7 Å². The van der Waals surface area contributed by atoms with Crippen LogP contribution in [-0.2, 0) is 4.74 Å². The lowest BCUT2D eigenvalue weighted by atomic mass is 9.79. The summed E-state index contributed by atoms with van der Waals surface area (Å²) in [7, 11) is 0. The molecule has 0 radical (unpaired) electrons. The van der Waals surface area contributed by atoms with E-state index in [4.69, 9.17) is 4.74 Å². The molecule has 0 aromatic heterocycles. The van der Waals surface area contributed by atoms with E-state index in [0.29, 0.717) is 13.0 Å². The van der Waals surface area contributed by atoms with Gasteiger partial charge in [-0.15, -0.1) is 0 Å². The number of carbonyl (C=O) groups is 1. The standard InChI is InChI=1S/C14H25NO3/c1-13(2,3)18-12(17)15-9-7-11(16)10-6-5-8-14(10,15)4/h10-11,16H,5-9H2,1-4H3. The first kappa shape index (κ1) is 13.7. The van der Waals surface area contributed by atoms with Crippen molar-refractivity contribution in [2.45, 2.75) is 70.6 Å². The Balaban J connectivity index is 2.15. The van der Waals surface area contributed by atoms with Crippen molar-refractivity contribution in [1.82, 2.24) is 4.90 Å². The molecular weight excluding hydrogens is 230 g/mol. The van der Waals surface area contributed by atoms with Gasteiger partial charge in [0.15, 0.2) is 0 Å². The molecule has 3 atom stereocenters. The number of hydrogen-bond donors (Lipinski definition) is 1. The molecule has 1 saturated heterocycles. The predicted molar refractivity (Wildman–Crippen MR) is 69.3 cm³/mol. The second-order valence-corrected chi connectivity index (χ2v) is 6.84. The van der Waals surface area contributed by atoms with Gasteiger partial charge in [0.1, 0.15) is 5.60 Å². The zero-order valence-electron chi connectivity index (χ0n) is 11.9. The third kappa shape index (κ3) is 2.35. The number of likely N-dealkylation sites (tertiary alicyclic amines) is 1. The third-order valence-corrected chi connectivity index (χ3v) is 4.34. The number of ether oxygens (including phenoxy) is 1. The van der Waals surface area contributed by atoms with E-state index in [1.165, 1.54) is 0 Å². The maximum absolute atomic E-state index is 12.3. The zero-order valence-corrected chi connectivity index (χ0v) is 11.9. The Morgan fingerprint density at radius 1 is 1.39 bits per heavy atom. The fraction of sp³-hybridized carbons (Fsp3) is 0.929. The predicted octanol–water partition coefficient (Wildman–Crippen LogP) is 2.55. The number of amides is 1. The largest absolute Gasteiger partial charge is 0.444 e. The molecule has 2 fully saturated rings. The summed E-state index contributed by atoms with van der Waals surface area (Å²) in [5.41, 5.74) is -0.683. The molecule has 18 heavy (non-hydrogen) atoms. The van der Waals surface area contributed by atoms with Gasteiger partial charge in [0, 0.05) is 18.0 Å². The van der Waals surface area contributed by atoms with Gasteiger partial charge in [-0.3, -0.25) is 0 Å². The van der Waals surface area contributed by atoms with Crippen LogP contribution in [0, 0.1) is 5.92 Å². The van der Waals surface area contributed by atoms with E-state index in [-0.39, 0.29) is 23.7 Å². The van der Waals surface area contributed by atoms with Gasteiger partial charge in [0.25, 0.3) is 0 Å². The van der Waals surface area contributed by atoms with Crippen molar-refractivity contribution >= 4 is 6.09 Å². The summed E-state index contributed by atoms with van der Waals surface area (Å²) in [5.74, 6) is 0.207. The summed E-state index contributed by atoms with van der Waals surface area (Å²) in [5, 5.41) is 10.1. The van der Waals surface area contributed by atoms with E-state index in [9.17, 15) is 9.90 Å². The minimum atomic E-state index is -0.461. The topological polar surface area (TPSA) is 49.8 Å². The van der Waals surface area contributed by atoms with Crippen LogP contribution in [0.25, 0.3) is 0 Å². The maximum Gasteiger partial charge on any atom is 0.410 e. The number of piperidine rings is 1. The van der Waals surface area contributed by atoms with Crippen LogP contribution >= 0.6 is 0 Å². The SMILES string of the molecule is CC(C)(C)OC(=O)N1CCC(O)C2CCCC21C. The number of carbonyl (C=O) groups excluding carboxylic acids is 1. The lowest BCUT2D eigenvalue weighted by Gasteiger charge is -2.48. The van der Waals surface area contributed by atoms with Crippen LogP contribution in [0.5, 0.6) is 0 Å². The van der Waals surface area contributed by atoms with Crippen LogP contribution in [0.2, 0.25) is 0 Å². The molecule has 1 saturated carbocycles. The molecule has 1 aliphatic carbocycles. The molecule has 2 rings (SSSR count). The minimum absolute atomic E-state index is 0.207. The van der Waals surface area contributed by atoms with E-state index in [0.717, 1.165) is 19.3 Å². The first-order valence-electron chi connectivity index (χ1n) is 6.93. The molecule has 1 aliphatic heterocycles. The highest BCUT2D eigenvalue weighted by molar-refractivity contribution is 5.69. The number of hydrogen-bond acceptors (Lipinski definition) is 3. The van der Waals surface area contributed by atoms with Gasteiger partial charge >= 0.3 is 6.09 Å². The van der Waals surface area contributed by atoms with Crippen molar-refractivity contribution in [1.29, 1.82) is 0 Å². The molecule has 0 bridgehead atoms. The van der Waals surface area contributed by atoms with Crippen molar-refractivity contribution < 1.29 is 14.6 Å². The lowest BCUT2D eigenvalue weighted by molar-refractivity contribution is -0.0625. The Labute approximate surface area is 109 Å². The monoisotopic (exact) mass is 255 g/mol. The molecule has 0 spiro atoms. The first-order valence-corrected chi connectivity index (χ1v) is 6.93. The second kappa shape index (κ2) is 4.41. The highest BCUT2D eigenvalue weighted by atomic mass is 16.6. The summed E-state index contributed by atoms with van der Waals surface area (Å²) in [6.07, 6.45) is 3.22. The maximum atomic E-state index is 12.3. The van der Waals surface area contributed by atoms with Crippen LogP contribution < -0.4 is 0 Å². The Hall–Kier alpha value is -0.770. The van der Waals surface area contributed by atoms with Crippen LogP contribution in [-0.4, -0.2) is 39.9 Å². The van der Waals surface area contributed by atoms with E-state index >= 15 is 0 Å². The van der Waals surface area contributed by atoms with Crippen molar-refractivity contribution in [3.8, 4) is 0 Å². The van der Waals surface area contributed by atoms with Crippen LogP contribution in [0.1, 0.15) is 53.4 Å². The van der Waals surface area contributed by atoms with Gasteiger partial charge in [-0.25, -0.2) is 4.79 Å². The molecule has 1 N–H and O–H groups in total. The minimum Gasteiger partial charge on any atom is -0.444 e. The highest BCUT2D eigenvalue weighted by Crippen LogP contribution is 2.46. The number of fused-ring (bicyclic) bond motifs is 1. The molecular formula is C14H25NO3. The molecule has 1 heterocycles. The van der Waals surface area contributed by atoms with Crippen LogP contribution in [0.3, 0.4) is 0 Å². The smallest absolute Gasteiger partial charge is 0.410 e. The van der Waals surface area contributed by atoms with E-state index in [1.54, 1.807) is 0 Å². The molecule has 2 aliphatic rings. The Kier molecular flexibility index (Phi) is 3.34. The molecule has 0 aromatic carbocycles. The number of aliphatic hydroxyl groups is 1. The Bertz CT molecular complexity index is 336. The summed E-state index contributed by atoms with van der Waals surface area (Å²) in [6.45, 7) is 8.36. The van der Waals surface area contributed by atoms with Crippen LogP contribution in [0.15, 0.2) is 0 Å². The van der Waals surface area contributed by atoms with Gasteiger partial charge in [-0.05, 0) is 47.0 Å². The lowest BCUT2D eigenvalue weighted by Crippen LogP contribution is -2.60. The van der Waals surface area contributed by atoms with Crippen molar-refractivity contribution in [3.05, 3.63) is 0 Å². The fourth-order valence-electron chi connectivity index (χ4n) is 3.45. The average Bonchev–Trinajstić information content (AvgIpc) is 2.58. The molecule has 1 amide bonds. The summed E-state index contributed by atoms with van der Waals surface area (Å²) >= 11 is 0.